The second-order valence-corrected chi connectivity index (χ2v) is 7.74. The van der Waals surface area contributed by atoms with Crippen molar-refractivity contribution in [3.63, 3.8) is 0 Å². The Bertz CT molecular complexity index is 1700. The van der Waals surface area contributed by atoms with Crippen LogP contribution in [0.5, 0.6) is 0 Å². The molecule has 0 bridgehead atoms. The van der Waals surface area contributed by atoms with Crippen molar-refractivity contribution in [2.45, 2.75) is 0 Å². The molecule has 4 aromatic carbocycles. The summed E-state index contributed by atoms with van der Waals surface area (Å²) >= 11 is 0. The van der Waals surface area contributed by atoms with Gasteiger partial charge in [-0.2, -0.15) is 10.5 Å². The van der Waals surface area contributed by atoms with E-state index >= 15 is 0 Å². The molecule has 0 fully saturated rings. The highest BCUT2D eigenvalue weighted by atomic mass is 15.0. The Kier molecular flexibility index (Phi) is 3.48. The molecule has 0 aliphatic rings. The minimum absolute atomic E-state index is 0.578. The van der Waals surface area contributed by atoms with Crippen LogP contribution in [0.25, 0.3) is 49.3 Å². The molecule has 0 aliphatic carbocycles. The summed E-state index contributed by atoms with van der Waals surface area (Å²) in [6.45, 7) is 0. The van der Waals surface area contributed by atoms with Gasteiger partial charge >= 0.3 is 0 Å². The number of nitrogens with zero attached hydrogens (tertiary/aromatic N) is 4. The fourth-order valence-electron chi connectivity index (χ4n) is 4.86. The van der Waals surface area contributed by atoms with Crippen molar-refractivity contribution in [3.05, 3.63) is 90.0 Å². The third-order valence-corrected chi connectivity index (χ3v) is 6.21. The van der Waals surface area contributed by atoms with Gasteiger partial charge in [0.15, 0.2) is 0 Å². The average Bonchev–Trinajstić information content (AvgIpc) is 3.31. The largest absolute Gasteiger partial charge is 0.344 e. The van der Waals surface area contributed by atoms with E-state index in [1.54, 1.807) is 0 Å². The molecule has 0 aliphatic heterocycles. The van der Waals surface area contributed by atoms with Crippen LogP contribution in [0.2, 0.25) is 0 Å². The highest BCUT2D eigenvalue weighted by Gasteiger charge is 2.18. The quantitative estimate of drug-likeness (QED) is 0.334. The van der Waals surface area contributed by atoms with Gasteiger partial charge in [0, 0.05) is 39.8 Å². The van der Waals surface area contributed by atoms with E-state index in [2.05, 4.69) is 70.8 Å². The van der Waals surface area contributed by atoms with Gasteiger partial charge in [-0.3, -0.25) is 0 Å². The highest BCUT2D eigenvalue weighted by molar-refractivity contribution is 6.14. The molecule has 0 unspecified atom stereocenters. The first kappa shape index (κ1) is 17.3. The topological polar surface area (TPSA) is 57.4 Å². The molecule has 0 saturated carbocycles. The highest BCUT2D eigenvalue weighted by Crippen LogP contribution is 2.37. The van der Waals surface area contributed by atoms with E-state index in [1.165, 1.54) is 16.3 Å². The molecule has 0 atom stereocenters. The molecule has 6 rings (SSSR count). The number of nitriles is 2. The van der Waals surface area contributed by atoms with E-state index in [1.807, 2.05) is 36.4 Å². The SMILES string of the molecule is Cn1c2ccccc2c2ccc(-n3c4cccc(C#N)c4c4c(C#N)cccc43)cc21. The van der Waals surface area contributed by atoms with Gasteiger partial charge in [-0.05, 0) is 42.5 Å². The number of fused-ring (bicyclic) bond motifs is 6. The third-order valence-electron chi connectivity index (χ3n) is 6.21. The van der Waals surface area contributed by atoms with Crippen LogP contribution in [0.3, 0.4) is 0 Å². The van der Waals surface area contributed by atoms with E-state index in [9.17, 15) is 10.5 Å². The molecule has 2 aromatic heterocycles. The average molecular weight is 396 g/mol. The van der Waals surface area contributed by atoms with E-state index in [0.29, 0.717) is 11.1 Å². The zero-order chi connectivity index (χ0) is 21.1. The second kappa shape index (κ2) is 6.23. The molecule has 6 aromatic rings. The predicted molar refractivity (Wildman–Crippen MR) is 124 cm³/mol. The normalized spacial score (nSPS) is 11.3. The summed E-state index contributed by atoms with van der Waals surface area (Å²) in [7, 11) is 2.09. The monoisotopic (exact) mass is 396 g/mol. The zero-order valence-corrected chi connectivity index (χ0v) is 16.8. The van der Waals surface area contributed by atoms with Crippen molar-refractivity contribution in [2.75, 3.05) is 0 Å². The van der Waals surface area contributed by atoms with Gasteiger partial charge in [0.1, 0.15) is 0 Å². The van der Waals surface area contributed by atoms with Gasteiger partial charge < -0.3 is 9.13 Å². The standard InChI is InChI=1S/C27H16N4/c1-30-22-9-3-2-8-20(22)21-13-12-19(14-25(21)30)31-23-10-4-6-17(15-28)26(23)27-18(16-29)7-5-11-24(27)31/h2-14H,1H3. The fourth-order valence-corrected chi connectivity index (χ4v) is 4.86. The minimum atomic E-state index is 0.578. The molecule has 2 heterocycles. The molecule has 31 heavy (non-hydrogen) atoms. The predicted octanol–water partition coefficient (Wildman–Crippen LogP) is 6.17. The number of hydrogen-bond donors (Lipinski definition) is 0. The molecule has 0 N–H and O–H groups in total. The van der Waals surface area contributed by atoms with Gasteiger partial charge in [-0.25, -0.2) is 0 Å². The third kappa shape index (κ3) is 2.22. The molecule has 4 heteroatoms. The Balaban J connectivity index is 1.79. The van der Waals surface area contributed by atoms with Gasteiger partial charge in [-0.15, -0.1) is 0 Å². The molecular weight excluding hydrogens is 380 g/mol. The molecule has 0 radical (unpaired) electrons. The van der Waals surface area contributed by atoms with E-state index in [0.717, 1.165) is 33.0 Å². The molecule has 0 amide bonds. The van der Waals surface area contributed by atoms with Crippen molar-refractivity contribution in [2.24, 2.45) is 7.05 Å². The van der Waals surface area contributed by atoms with Crippen LogP contribution in [-0.4, -0.2) is 9.13 Å². The van der Waals surface area contributed by atoms with E-state index in [-0.39, 0.29) is 0 Å². The van der Waals surface area contributed by atoms with Gasteiger partial charge in [0.25, 0.3) is 0 Å². The van der Waals surface area contributed by atoms with Crippen molar-refractivity contribution in [1.29, 1.82) is 10.5 Å². The first-order valence-electron chi connectivity index (χ1n) is 10.1. The van der Waals surface area contributed by atoms with Crippen LogP contribution in [0.15, 0.2) is 78.9 Å². The molecule has 0 spiro atoms. The summed E-state index contributed by atoms with van der Waals surface area (Å²) in [5.74, 6) is 0. The zero-order valence-electron chi connectivity index (χ0n) is 16.8. The lowest BCUT2D eigenvalue weighted by Crippen LogP contribution is -1.95. The smallest absolute Gasteiger partial charge is 0.0999 e. The molecule has 0 saturated heterocycles. The number of benzene rings is 4. The van der Waals surface area contributed by atoms with Crippen LogP contribution in [-0.2, 0) is 7.05 Å². The van der Waals surface area contributed by atoms with Gasteiger partial charge in [-0.1, -0.05) is 36.4 Å². The van der Waals surface area contributed by atoms with Crippen LogP contribution in [0, 0.1) is 22.7 Å². The van der Waals surface area contributed by atoms with Crippen LogP contribution in [0.1, 0.15) is 11.1 Å². The summed E-state index contributed by atoms with van der Waals surface area (Å²) < 4.78 is 4.37. The molecular formula is C27H16N4. The summed E-state index contributed by atoms with van der Waals surface area (Å²) in [4.78, 5) is 0. The van der Waals surface area contributed by atoms with Crippen LogP contribution in [0.4, 0.5) is 0 Å². The van der Waals surface area contributed by atoms with Crippen molar-refractivity contribution in [3.8, 4) is 17.8 Å². The summed E-state index contributed by atoms with van der Waals surface area (Å²) in [6, 6.07) is 30.9. The number of hydrogen-bond acceptors (Lipinski definition) is 2. The maximum Gasteiger partial charge on any atom is 0.0999 e. The molecule has 4 nitrogen and oxygen atoms in total. The second-order valence-electron chi connectivity index (χ2n) is 7.74. The van der Waals surface area contributed by atoms with Crippen molar-refractivity contribution < 1.29 is 0 Å². The Morgan fingerprint density at radius 3 is 1.84 bits per heavy atom. The van der Waals surface area contributed by atoms with Crippen LogP contribution >= 0.6 is 0 Å². The molecule has 144 valence electrons. The van der Waals surface area contributed by atoms with Crippen molar-refractivity contribution in [1.82, 2.24) is 9.13 Å². The lowest BCUT2D eigenvalue weighted by Gasteiger charge is -2.09. The fraction of sp³-hybridized carbons (Fsp3) is 0.0370. The lowest BCUT2D eigenvalue weighted by molar-refractivity contribution is 1.01. The van der Waals surface area contributed by atoms with Gasteiger partial charge in [0.2, 0.25) is 0 Å². The first-order valence-corrected chi connectivity index (χ1v) is 10.1. The summed E-state index contributed by atoms with van der Waals surface area (Å²) in [5, 5.41) is 23.6. The maximum absolute atomic E-state index is 9.75. The number of aryl methyl sites for hydroxylation is 1. The van der Waals surface area contributed by atoms with Crippen LogP contribution < -0.4 is 0 Å². The summed E-state index contributed by atoms with van der Waals surface area (Å²) in [5.41, 5.74) is 6.34. The number of para-hydroxylation sites is 1. The first-order chi connectivity index (χ1) is 15.2. The van der Waals surface area contributed by atoms with Gasteiger partial charge in [0.05, 0.1) is 39.8 Å². The lowest BCUT2D eigenvalue weighted by atomic mass is 10.0. The Morgan fingerprint density at radius 1 is 0.613 bits per heavy atom. The maximum atomic E-state index is 9.75. The van der Waals surface area contributed by atoms with E-state index in [4.69, 9.17) is 0 Å². The Labute approximate surface area is 178 Å². The Hall–Kier alpha value is -4.54. The minimum Gasteiger partial charge on any atom is -0.344 e. The Morgan fingerprint density at radius 2 is 1.19 bits per heavy atom. The summed E-state index contributed by atoms with van der Waals surface area (Å²) in [6.07, 6.45) is 0. The van der Waals surface area contributed by atoms with E-state index < -0.39 is 0 Å². The number of aromatic nitrogens is 2. The van der Waals surface area contributed by atoms with Crippen molar-refractivity contribution >= 4 is 43.6 Å². The number of rotatable bonds is 1.